The monoisotopic (exact) mass is 351 g/mol. The van der Waals surface area contributed by atoms with Crippen LogP contribution in [0.1, 0.15) is 27.8 Å². The lowest BCUT2D eigenvalue weighted by Gasteiger charge is -2.09. The van der Waals surface area contributed by atoms with Crippen molar-refractivity contribution in [3.63, 3.8) is 0 Å². The molecular formula is C14H10BrNO5. The quantitative estimate of drug-likeness (QED) is 0.859. The minimum absolute atomic E-state index is 0.0925. The number of hydrogen-bond acceptors (Lipinski definition) is 5. The second-order valence-electron chi connectivity index (χ2n) is 4.37. The van der Waals surface area contributed by atoms with Gasteiger partial charge in [-0.25, -0.2) is 0 Å². The maximum atomic E-state index is 12.1. The number of fused-ring (bicyclic) bond motifs is 1. The van der Waals surface area contributed by atoms with E-state index in [2.05, 4.69) is 21.2 Å². The fourth-order valence-corrected chi connectivity index (χ4v) is 2.26. The molecule has 0 unspecified atom stereocenters. The zero-order valence-corrected chi connectivity index (χ0v) is 12.5. The molecule has 108 valence electrons. The first-order chi connectivity index (χ1) is 10.0. The van der Waals surface area contributed by atoms with Gasteiger partial charge >= 0.3 is 0 Å². The van der Waals surface area contributed by atoms with Gasteiger partial charge in [0.15, 0.2) is 27.7 Å². The van der Waals surface area contributed by atoms with Gasteiger partial charge in [-0.2, -0.15) is 0 Å². The third kappa shape index (κ3) is 2.64. The number of furan rings is 1. The van der Waals surface area contributed by atoms with Gasteiger partial charge in [-0.3, -0.25) is 9.59 Å². The number of benzene rings is 1. The van der Waals surface area contributed by atoms with Gasteiger partial charge < -0.3 is 19.2 Å². The molecule has 0 saturated heterocycles. The van der Waals surface area contributed by atoms with Crippen molar-refractivity contribution in [2.45, 2.75) is 6.92 Å². The molecule has 0 radical (unpaired) electrons. The summed E-state index contributed by atoms with van der Waals surface area (Å²) < 4.78 is 16.1. The Hall–Kier alpha value is -2.28. The van der Waals surface area contributed by atoms with Crippen LogP contribution in [0, 0.1) is 0 Å². The molecule has 3 rings (SSSR count). The van der Waals surface area contributed by atoms with Crippen molar-refractivity contribution in [3.05, 3.63) is 40.3 Å². The van der Waals surface area contributed by atoms with E-state index < -0.39 is 5.91 Å². The molecule has 0 bridgehead atoms. The number of carbonyl (C=O) groups excluding carboxylic acids is 2. The predicted molar refractivity (Wildman–Crippen MR) is 76.9 cm³/mol. The maximum absolute atomic E-state index is 12.1. The van der Waals surface area contributed by atoms with Crippen molar-refractivity contribution < 1.29 is 23.5 Å². The second-order valence-corrected chi connectivity index (χ2v) is 5.15. The number of Topliss-reactive ketones (excluding diaryl/α,β-unsaturated/α-hetero) is 1. The standard InChI is InChI=1S/C14H10BrNO5/c1-7(17)8-4-11-12(20-6-19-11)5-9(8)16-14(18)10-2-3-13(15)21-10/h2-5H,6H2,1H3,(H,16,18). The van der Waals surface area contributed by atoms with Crippen molar-refractivity contribution in [3.8, 4) is 11.5 Å². The van der Waals surface area contributed by atoms with Crippen LogP contribution in [-0.4, -0.2) is 18.5 Å². The fourth-order valence-electron chi connectivity index (χ4n) is 1.96. The van der Waals surface area contributed by atoms with Gasteiger partial charge in [0.25, 0.3) is 5.91 Å². The van der Waals surface area contributed by atoms with Crippen molar-refractivity contribution in [2.75, 3.05) is 12.1 Å². The summed E-state index contributed by atoms with van der Waals surface area (Å²) in [4.78, 5) is 23.8. The van der Waals surface area contributed by atoms with Gasteiger partial charge in [0, 0.05) is 11.6 Å². The lowest BCUT2D eigenvalue weighted by atomic mass is 10.1. The van der Waals surface area contributed by atoms with Crippen LogP contribution >= 0.6 is 15.9 Å². The summed E-state index contributed by atoms with van der Waals surface area (Å²) in [5, 5.41) is 2.64. The van der Waals surface area contributed by atoms with E-state index in [9.17, 15) is 9.59 Å². The number of anilines is 1. The first kappa shape index (κ1) is 13.7. The van der Waals surface area contributed by atoms with Crippen molar-refractivity contribution in [2.24, 2.45) is 0 Å². The SMILES string of the molecule is CC(=O)c1cc2c(cc1NC(=O)c1ccc(Br)o1)OCO2. The number of rotatable bonds is 3. The van der Waals surface area contributed by atoms with Crippen LogP contribution in [0.4, 0.5) is 5.69 Å². The first-order valence-corrected chi connectivity index (χ1v) is 6.85. The summed E-state index contributed by atoms with van der Waals surface area (Å²) in [7, 11) is 0. The van der Waals surface area contributed by atoms with E-state index in [1.54, 1.807) is 18.2 Å². The van der Waals surface area contributed by atoms with Gasteiger partial charge in [-0.15, -0.1) is 0 Å². The highest BCUT2D eigenvalue weighted by atomic mass is 79.9. The molecular weight excluding hydrogens is 342 g/mol. The first-order valence-electron chi connectivity index (χ1n) is 6.06. The molecule has 1 N–H and O–H groups in total. The topological polar surface area (TPSA) is 77.8 Å². The van der Waals surface area contributed by atoms with Crippen LogP contribution < -0.4 is 14.8 Å². The van der Waals surface area contributed by atoms with Gasteiger partial charge in [-0.05, 0) is 41.1 Å². The number of ether oxygens (including phenoxy) is 2. The minimum Gasteiger partial charge on any atom is -0.454 e. The summed E-state index contributed by atoms with van der Waals surface area (Å²) in [6, 6.07) is 6.26. The number of halogens is 1. The van der Waals surface area contributed by atoms with E-state index in [0.717, 1.165) is 0 Å². The molecule has 0 aliphatic carbocycles. The third-order valence-corrected chi connectivity index (χ3v) is 3.36. The average Bonchev–Trinajstić information content (AvgIpc) is 3.05. The van der Waals surface area contributed by atoms with Crippen LogP contribution in [-0.2, 0) is 0 Å². The summed E-state index contributed by atoms with van der Waals surface area (Å²) in [5.74, 6) is 0.454. The summed E-state index contributed by atoms with van der Waals surface area (Å²) in [6.07, 6.45) is 0. The molecule has 1 aromatic heterocycles. The van der Waals surface area contributed by atoms with E-state index in [-0.39, 0.29) is 18.3 Å². The number of hydrogen-bond donors (Lipinski definition) is 1. The van der Waals surface area contributed by atoms with Crippen molar-refractivity contribution in [1.29, 1.82) is 0 Å². The Balaban J connectivity index is 1.94. The Kier molecular flexibility index (Phi) is 3.42. The summed E-state index contributed by atoms with van der Waals surface area (Å²) in [6.45, 7) is 1.51. The van der Waals surface area contributed by atoms with E-state index >= 15 is 0 Å². The van der Waals surface area contributed by atoms with Crippen LogP contribution in [0.15, 0.2) is 33.4 Å². The molecule has 1 aliphatic rings. The maximum Gasteiger partial charge on any atom is 0.291 e. The van der Waals surface area contributed by atoms with Crippen LogP contribution in [0.3, 0.4) is 0 Å². The highest BCUT2D eigenvalue weighted by molar-refractivity contribution is 9.10. The second kappa shape index (κ2) is 5.25. The molecule has 1 aromatic carbocycles. The molecule has 1 aliphatic heterocycles. The van der Waals surface area contributed by atoms with Crippen LogP contribution in [0.25, 0.3) is 0 Å². The van der Waals surface area contributed by atoms with Gasteiger partial charge in [0.05, 0.1) is 5.69 Å². The molecule has 0 saturated carbocycles. The van der Waals surface area contributed by atoms with Crippen molar-refractivity contribution in [1.82, 2.24) is 0 Å². The molecule has 2 heterocycles. The molecule has 0 atom stereocenters. The number of ketones is 1. The molecule has 21 heavy (non-hydrogen) atoms. The Morgan fingerprint density at radius 3 is 2.52 bits per heavy atom. The Morgan fingerprint density at radius 1 is 1.19 bits per heavy atom. The third-order valence-electron chi connectivity index (χ3n) is 2.94. The fraction of sp³-hybridized carbons (Fsp3) is 0.143. The molecule has 7 heteroatoms. The molecule has 0 spiro atoms. The van der Waals surface area contributed by atoms with Gasteiger partial charge in [0.2, 0.25) is 6.79 Å². The van der Waals surface area contributed by atoms with Gasteiger partial charge in [0.1, 0.15) is 0 Å². The lowest BCUT2D eigenvalue weighted by Crippen LogP contribution is -2.13. The lowest BCUT2D eigenvalue weighted by molar-refractivity contribution is 0.0995. The van der Waals surface area contributed by atoms with Crippen molar-refractivity contribution >= 4 is 33.3 Å². The van der Waals surface area contributed by atoms with E-state index in [0.29, 0.717) is 27.4 Å². The predicted octanol–water partition coefficient (Wildman–Crippen LogP) is 3.23. The van der Waals surface area contributed by atoms with E-state index in [4.69, 9.17) is 13.9 Å². The van der Waals surface area contributed by atoms with E-state index in [1.807, 2.05) is 0 Å². The van der Waals surface area contributed by atoms with E-state index in [1.165, 1.54) is 13.0 Å². The highest BCUT2D eigenvalue weighted by Crippen LogP contribution is 2.37. The Morgan fingerprint density at radius 2 is 1.90 bits per heavy atom. The number of amides is 1. The number of carbonyl (C=O) groups is 2. The Bertz CT molecular complexity index is 737. The molecule has 0 fully saturated rings. The summed E-state index contributed by atoms with van der Waals surface area (Å²) >= 11 is 3.13. The highest BCUT2D eigenvalue weighted by Gasteiger charge is 2.21. The van der Waals surface area contributed by atoms with Gasteiger partial charge in [-0.1, -0.05) is 0 Å². The zero-order chi connectivity index (χ0) is 15.0. The normalized spacial score (nSPS) is 12.3. The average molecular weight is 352 g/mol. The largest absolute Gasteiger partial charge is 0.454 e. The summed E-state index contributed by atoms with van der Waals surface area (Å²) in [5.41, 5.74) is 0.697. The molecule has 2 aromatic rings. The molecule has 6 nitrogen and oxygen atoms in total. The zero-order valence-electron chi connectivity index (χ0n) is 10.9. The van der Waals surface area contributed by atoms with Crippen LogP contribution in [0.5, 0.6) is 11.5 Å². The minimum atomic E-state index is -0.456. The Labute approximate surface area is 128 Å². The smallest absolute Gasteiger partial charge is 0.291 e. The number of nitrogens with one attached hydrogen (secondary N) is 1. The van der Waals surface area contributed by atoms with Crippen LogP contribution in [0.2, 0.25) is 0 Å². The molecule has 1 amide bonds.